The summed E-state index contributed by atoms with van der Waals surface area (Å²) in [5.41, 5.74) is 36.5. The van der Waals surface area contributed by atoms with E-state index in [1.165, 1.54) is 176 Å². The van der Waals surface area contributed by atoms with Crippen molar-refractivity contribution in [2.24, 2.45) is 0 Å². The smallest absolute Gasteiger partial charge is 0.235 e. The summed E-state index contributed by atoms with van der Waals surface area (Å²) in [5.74, 6) is 2.02. The van der Waals surface area contributed by atoms with Crippen molar-refractivity contribution in [3.63, 3.8) is 0 Å². The van der Waals surface area contributed by atoms with Gasteiger partial charge in [-0.3, -0.25) is 13.7 Å². The van der Waals surface area contributed by atoms with Crippen molar-refractivity contribution in [1.82, 2.24) is 43.6 Å². The molecule has 700 valence electrons. The van der Waals surface area contributed by atoms with Gasteiger partial charge in [0.2, 0.25) is 17.8 Å². The molecule has 0 amide bonds. The Bertz CT molecular complexity index is 10300. The van der Waals surface area contributed by atoms with Gasteiger partial charge in [-0.15, -0.1) is 34.0 Å². The van der Waals surface area contributed by atoms with Crippen LogP contribution in [-0.4, -0.2) is 43.6 Å². The first-order valence-electron chi connectivity index (χ1n) is 50.6. The van der Waals surface area contributed by atoms with E-state index in [2.05, 4.69) is 473 Å². The minimum absolute atomic E-state index is 0.0646. The van der Waals surface area contributed by atoms with Gasteiger partial charge in [-0.25, -0.2) is 29.9 Å². The van der Waals surface area contributed by atoms with Crippen LogP contribution in [0.5, 0.6) is 0 Å². The van der Waals surface area contributed by atoms with Crippen molar-refractivity contribution in [2.45, 2.75) is 57.8 Å². The lowest BCUT2D eigenvalue weighted by atomic mass is 9.82. The number of para-hydroxylation sites is 3. The van der Waals surface area contributed by atoms with E-state index in [9.17, 15) is 0 Å². The normalized spacial score (nSPS) is 13.4. The summed E-state index contributed by atoms with van der Waals surface area (Å²) < 4.78 is 14.5. The van der Waals surface area contributed by atoms with E-state index in [1.807, 2.05) is 70.8 Å². The monoisotopic (exact) mass is 1950 g/mol. The van der Waals surface area contributed by atoms with E-state index in [-0.39, 0.29) is 16.2 Å². The second-order valence-electron chi connectivity index (χ2n) is 40.7. The molecule has 9 heterocycles. The summed E-state index contributed by atoms with van der Waals surface area (Å²) in [6.07, 6.45) is 5.71. The number of aromatic nitrogens is 9. The number of hydrogen-bond acceptors (Lipinski definition) is 10. The van der Waals surface area contributed by atoms with E-state index < -0.39 is 0 Å². The molecule has 0 radical (unpaired) electrons. The van der Waals surface area contributed by atoms with Crippen LogP contribution in [-0.2, 0) is 16.2 Å². The molecule has 31 rings (SSSR count). The van der Waals surface area contributed by atoms with Gasteiger partial charge in [0.15, 0.2) is 0 Å². The van der Waals surface area contributed by atoms with Crippen LogP contribution < -0.4 is 4.90 Å². The molecule has 0 spiro atoms. The van der Waals surface area contributed by atoms with Crippen LogP contribution in [0.3, 0.4) is 0 Å². The minimum atomic E-state index is -0.133. The predicted molar refractivity (Wildman–Crippen MR) is 622 cm³/mol. The van der Waals surface area contributed by atoms with Gasteiger partial charge in [0.1, 0.15) is 0 Å². The van der Waals surface area contributed by atoms with Crippen molar-refractivity contribution in [3.8, 4) is 107 Å². The van der Waals surface area contributed by atoms with Gasteiger partial charge in [0.25, 0.3) is 0 Å². The van der Waals surface area contributed by atoms with Crippen LogP contribution >= 0.6 is 34.0 Å². The molecule has 19 aromatic carbocycles. The predicted octanol–water partition coefficient (Wildman–Crippen LogP) is 36.5. The van der Waals surface area contributed by atoms with E-state index in [1.54, 1.807) is 0 Å². The highest BCUT2D eigenvalue weighted by molar-refractivity contribution is 7.27. The highest BCUT2D eigenvalue weighted by atomic mass is 32.1. The summed E-state index contributed by atoms with van der Waals surface area (Å²) in [7, 11) is 0. The average molecular weight is 1950 g/mol. The summed E-state index contributed by atoms with van der Waals surface area (Å²) in [5, 5.41) is 14.9. The second kappa shape index (κ2) is 33.7. The zero-order valence-electron chi connectivity index (χ0n) is 81.9. The van der Waals surface area contributed by atoms with Gasteiger partial charge in [0.05, 0.1) is 50.2 Å². The van der Waals surface area contributed by atoms with Crippen molar-refractivity contribution in [2.75, 3.05) is 4.90 Å². The zero-order valence-corrected chi connectivity index (χ0v) is 84.4. The SMILES string of the molecule is CC1(C)c2ccccc2-c2cc3c(cc21)c1cc(-c2ccccc2)ccc1n3-c1nccc(-c2cccc3c2sc2ccccc23)n1.CC1(C)c2ccccc2-c2cc3c(cc21)c1cc(N(c2ccccc2)c2ccccc2)ccc1n3-c1nccc(-c2cccc3c2sc2ccccc23)n1.CC1(C)c2ccccc2-c2cc3c(cc21)c1ccccc1n3-c1nccc(-c2cccc(-c3cccc4c3sc3ccccc34)c2)n1. The summed E-state index contributed by atoms with van der Waals surface area (Å²) in [6.45, 7) is 14.1. The van der Waals surface area contributed by atoms with Crippen LogP contribution in [0.4, 0.5) is 17.1 Å². The maximum Gasteiger partial charge on any atom is 0.235 e. The van der Waals surface area contributed by atoms with Crippen molar-refractivity contribution >= 4 is 177 Å². The van der Waals surface area contributed by atoms with Gasteiger partial charge >= 0.3 is 0 Å². The molecule has 10 nitrogen and oxygen atoms in total. The molecule has 0 atom stereocenters. The highest BCUT2D eigenvalue weighted by Crippen LogP contribution is 2.57. The zero-order chi connectivity index (χ0) is 98.5. The van der Waals surface area contributed by atoms with Crippen LogP contribution in [0.15, 0.2) is 449 Å². The molecule has 0 aliphatic heterocycles. The number of thiophene rings is 3. The van der Waals surface area contributed by atoms with Gasteiger partial charge in [-0.1, -0.05) is 333 Å². The third-order valence-corrected chi connectivity index (χ3v) is 35.1. The van der Waals surface area contributed by atoms with E-state index in [4.69, 9.17) is 29.9 Å². The molecule has 3 aliphatic carbocycles. The molecular weight excluding hydrogens is 1860 g/mol. The van der Waals surface area contributed by atoms with Crippen molar-refractivity contribution in [1.29, 1.82) is 0 Å². The van der Waals surface area contributed by atoms with Gasteiger partial charge in [0, 0.05) is 161 Å². The number of fused-ring (bicyclic) bond motifs is 27. The Hall–Kier alpha value is -17.7. The first-order valence-corrected chi connectivity index (χ1v) is 53.0. The highest BCUT2D eigenvalue weighted by Gasteiger charge is 2.41. The lowest BCUT2D eigenvalue weighted by Crippen LogP contribution is -2.14. The molecule has 0 N–H and O–H groups in total. The van der Waals surface area contributed by atoms with E-state index in [0.29, 0.717) is 17.8 Å². The van der Waals surface area contributed by atoms with Gasteiger partial charge < -0.3 is 4.90 Å². The first kappa shape index (κ1) is 86.9. The molecule has 13 heteroatoms. The van der Waals surface area contributed by atoms with Gasteiger partial charge in [-0.2, -0.15) is 0 Å². The first-order chi connectivity index (χ1) is 72.7. The van der Waals surface area contributed by atoms with Crippen molar-refractivity contribution < 1.29 is 0 Å². The Morgan fingerprint density at radius 2 is 0.527 bits per heavy atom. The Morgan fingerprint density at radius 3 is 1.00 bits per heavy atom. The fraction of sp³-hybridized carbons (Fsp3) is 0.0667. The molecule has 0 saturated carbocycles. The molecule has 9 aromatic heterocycles. The molecule has 28 aromatic rings. The Kier molecular flexibility index (Phi) is 19.8. The van der Waals surface area contributed by atoms with E-state index >= 15 is 0 Å². The Labute approximate surface area is 866 Å². The van der Waals surface area contributed by atoms with Crippen LogP contribution in [0.2, 0.25) is 0 Å². The molecule has 0 bridgehead atoms. The largest absolute Gasteiger partial charge is 0.310 e. The second-order valence-corrected chi connectivity index (χ2v) is 43.9. The molecule has 0 unspecified atom stereocenters. The Balaban J connectivity index is 0.000000105. The summed E-state index contributed by atoms with van der Waals surface area (Å²) in [6, 6.07) is 156. The third kappa shape index (κ3) is 13.6. The average Bonchev–Trinajstić information content (AvgIpc) is 1.55. The van der Waals surface area contributed by atoms with E-state index in [0.717, 1.165) is 89.3 Å². The molecule has 148 heavy (non-hydrogen) atoms. The number of benzene rings is 19. The quantitative estimate of drug-likeness (QED) is 0.127. The van der Waals surface area contributed by atoms with Gasteiger partial charge in [-0.05, 0) is 229 Å². The third-order valence-electron chi connectivity index (χ3n) is 31.5. The maximum atomic E-state index is 5.37. The topological polar surface area (TPSA) is 95.4 Å². The molecule has 0 fully saturated rings. The van der Waals surface area contributed by atoms with Crippen molar-refractivity contribution in [3.05, 3.63) is 483 Å². The lowest BCUT2D eigenvalue weighted by molar-refractivity contribution is 0.661. The fourth-order valence-electron chi connectivity index (χ4n) is 24.3. The summed E-state index contributed by atoms with van der Waals surface area (Å²) >= 11 is 5.52. The number of anilines is 3. The minimum Gasteiger partial charge on any atom is -0.310 e. The summed E-state index contributed by atoms with van der Waals surface area (Å²) in [4.78, 5) is 33.1. The fourth-order valence-corrected chi connectivity index (χ4v) is 28.0. The number of hydrogen-bond donors (Lipinski definition) is 0. The van der Waals surface area contributed by atoms with Crippen LogP contribution in [0, 0.1) is 0 Å². The Morgan fingerprint density at radius 1 is 0.196 bits per heavy atom. The molecule has 3 aliphatic rings. The molecular formula is C135H92N10S3. The van der Waals surface area contributed by atoms with Crippen LogP contribution in [0.25, 0.3) is 233 Å². The molecule has 0 saturated heterocycles. The number of rotatable bonds is 11. The maximum absolute atomic E-state index is 5.37. The van der Waals surface area contributed by atoms with Crippen LogP contribution in [0.1, 0.15) is 74.9 Å². The number of nitrogens with zero attached hydrogens (tertiary/aromatic N) is 10. The standard InChI is InChI=1S/C49H34N4S.2C43H29N3S/c1-49(2)41-22-11-9-18-34(41)38-30-45-40(29-42(38)49)39-28-33(52(31-14-5-3-6-15-31)32-16-7-4-8-17-32)24-25-44(39)53(45)48-50-27-26-43(51-48)37-21-13-20-36-35-19-10-12-23-46(35)54-47(36)37;1-43(2)35-18-6-3-13-29(35)33-25-39-34(24-36(33)43)30-14-4-7-19-38(30)46(39)42-44-22-21-37(45-42)27-12-9-11-26(23-27)28-16-10-17-32-31-15-5-8-20-40(31)47-41(28)32;1-43(2)35-17-8-6-13-28(35)32-25-39-34(24-36(32)43)33-23-27(26-11-4-3-5-12-26)19-20-38(33)46(39)42-44-22-21-37(45-42)31-16-10-15-30-29-14-7-9-18-40(29)47-41(30)31/h3-30H,1-2H3;2*3-25H,1-2H3. The lowest BCUT2D eigenvalue weighted by Gasteiger charge is -2.25.